The number of methoxy groups -OCH3 is 1. The van der Waals surface area contributed by atoms with E-state index in [1.807, 2.05) is 42.5 Å². The number of phenols is 2. The molecule has 0 unspecified atom stereocenters. The lowest BCUT2D eigenvalue weighted by Crippen LogP contribution is -2.13. The number of benzene rings is 3. The highest BCUT2D eigenvalue weighted by Crippen LogP contribution is 2.46. The number of pyridine rings is 1. The van der Waals surface area contributed by atoms with Crippen LogP contribution in [0.4, 0.5) is 5.88 Å². The first-order valence-electron chi connectivity index (χ1n) is 11.9. The summed E-state index contributed by atoms with van der Waals surface area (Å²) < 4.78 is 10.9. The number of para-hydroxylation sites is 1. The molecule has 1 aliphatic rings. The Balaban J connectivity index is 1.53. The van der Waals surface area contributed by atoms with E-state index < -0.39 is 0 Å². The van der Waals surface area contributed by atoms with Crippen LogP contribution >= 0.6 is 0 Å². The van der Waals surface area contributed by atoms with Crippen LogP contribution in [0.5, 0.6) is 17.2 Å². The first kappa shape index (κ1) is 22.6. The van der Waals surface area contributed by atoms with Gasteiger partial charge < -0.3 is 19.5 Å². The molecule has 1 aliphatic carbocycles. The van der Waals surface area contributed by atoms with E-state index in [2.05, 4.69) is 15.5 Å². The number of nitrogens with one attached hydrogen (secondary N) is 1. The summed E-state index contributed by atoms with van der Waals surface area (Å²) in [6.45, 7) is 0. The summed E-state index contributed by atoms with van der Waals surface area (Å²) in [7, 11) is 1.58. The van der Waals surface area contributed by atoms with Crippen molar-refractivity contribution in [2.45, 2.75) is 12.8 Å². The predicted molar refractivity (Wildman–Crippen MR) is 139 cm³/mol. The van der Waals surface area contributed by atoms with Gasteiger partial charge in [-0.2, -0.15) is 0 Å². The summed E-state index contributed by atoms with van der Waals surface area (Å²) in [6, 6.07) is 19.7. The molecule has 8 nitrogen and oxygen atoms in total. The van der Waals surface area contributed by atoms with Crippen molar-refractivity contribution in [1.29, 1.82) is 0 Å². The van der Waals surface area contributed by atoms with Gasteiger partial charge in [-0.1, -0.05) is 41.6 Å². The highest BCUT2D eigenvalue weighted by atomic mass is 16.5. The molecule has 0 saturated heterocycles. The van der Waals surface area contributed by atoms with Crippen LogP contribution in [0, 0.1) is 5.92 Å². The number of hydrogen-bond acceptors (Lipinski definition) is 7. The van der Waals surface area contributed by atoms with Crippen LogP contribution in [-0.4, -0.2) is 33.4 Å². The van der Waals surface area contributed by atoms with Gasteiger partial charge >= 0.3 is 0 Å². The fraction of sp³-hybridized carbons (Fsp3) is 0.138. The number of phenolic OH excluding ortho intramolecular Hbond substituents is 2. The Bertz CT molecular complexity index is 1630. The fourth-order valence-electron chi connectivity index (χ4n) is 4.45. The Kier molecular flexibility index (Phi) is 5.49. The van der Waals surface area contributed by atoms with Gasteiger partial charge in [0.1, 0.15) is 22.9 Å². The largest absolute Gasteiger partial charge is 0.507 e. The van der Waals surface area contributed by atoms with Crippen LogP contribution in [-0.2, 0) is 4.79 Å². The Labute approximate surface area is 212 Å². The Morgan fingerprint density at radius 3 is 2.49 bits per heavy atom. The molecule has 3 aromatic carbocycles. The van der Waals surface area contributed by atoms with E-state index in [4.69, 9.17) is 9.26 Å². The van der Waals surface area contributed by atoms with Gasteiger partial charge in [-0.3, -0.25) is 15.1 Å². The van der Waals surface area contributed by atoms with Crippen LogP contribution in [0.3, 0.4) is 0 Å². The van der Waals surface area contributed by atoms with Crippen molar-refractivity contribution in [3.05, 3.63) is 72.9 Å². The number of rotatable bonds is 6. The monoisotopic (exact) mass is 493 g/mol. The van der Waals surface area contributed by atoms with E-state index >= 15 is 0 Å². The lowest BCUT2D eigenvalue weighted by molar-refractivity contribution is -0.117. The second-order valence-corrected chi connectivity index (χ2v) is 8.99. The second kappa shape index (κ2) is 8.98. The van der Waals surface area contributed by atoms with Gasteiger partial charge in [0.2, 0.25) is 11.8 Å². The van der Waals surface area contributed by atoms with E-state index in [0.29, 0.717) is 44.8 Å². The zero-order valence-electron chi connectivity index (χ0n) is 19.9. The molecule has 6 rings (SSSR count). The number of aromatic hydroxyl groups is 2. The lowest BCUT2D eigenvalue weighted by atomic mass is 9.95. The summed E-state index contributed by atoms with van der Waals surface area (Å²) in [5, 5.41) is 29.7. The zero-order valence-corrected chi connectivity index (χ0v) is 19.9. The molecular weight excluding hydrogens is 470 g/mol. The van der Waals surface area contributed by atoms with Crippen LogP contribution in [0.25, 0.3) is 44.4 Å². The number of ether oxygens (including phenoxy) is 1. The number of hydrogen-bond donors (Lipinski definition) is 3. The zero-order chi connectivity index (χ0) is 25.5. The van der Waals surface area contributed by atoms with Crippen molar-refractivity contribution in [1.82, 2.24) is 10.1 Å². The molecule has 0 spiro atoms. The van der Waals surface area contributed by atoms with Crippen molar-refractivity contribution in [3.8, 4) is 50.8 Å². The number of fused-ring (bicyclic) bond motifs is 1. The maximum absolute atomic E-state index is 12.6. The standard InChI is InChI=1S/C29H23N3O5/c1-36-19-11-9-16(10-12-19)25-27(32-37-29(25)31-28(35)18-7-8-18)22-14-21(23(33)15-24(22)34)20-6-2-4-17-5-3-13-30-26(17)20/h2-6,9-15,18,33-34H,7-8H2,1H3,(H,31,35). The molecule has 3 N–H and O–H groups in total. The molecule has 1 saturated carbocycles. The summed E-state index contributed by atoms with van der Waals surface area (Å²) in [6.07, 6.45) is 3.37. The SMILES string of the molecule is COc1ccc(-c2c(-c3cc(-c4cccc5cccnc45)c(O)cc3O)noc2NC(=O)C2CC2)cc1. The van der Waals surface area contributed by atoms with Crippen molar-refractivity contribution in [3.63, 3.8) is 0 Å². The number of carbonyl (C=O) groups excluding carboxylic acids is 1. The summed E-state index contributed by atoms with van der Waals surface area (Å²) >= 11 is 0. The molecule has 1 fully saturated rings. The molecule has 37 heavy (non-hydrogen) atoms. The maximum atomic E-state index is 12.6. The number of carbonyl (C=O) groups is 1. The summed E-state index contributed by atoms with van der Waals surface area (Å²) in [4.78, 5) is 17.1. The Hall–Kier alpha value is -4.85. The molecule has 5 aromatic rings. The van der Waals surface area contributed by atoms with Crippen molar-refractivity contribution in [2.75, 3.05) is 12.4 Å². The minimum Gasteiger partial charge on any atom is -0.507 e. The average molecular weight is 494 g/mol. The van der Waals surface area contributed by atoms with E-state index in [0.717, 1.165) is 18.2 Å². The first-order chi connectivity index (χ1) is 18.0. The lowest BCUT2D eigenvalue weighted by Gasteiger charge is -2.12. The van der Waals surface area contributed by atoms with Crippen LogP contribution in [0.15, 0.2) is 77.4 Å². The third-order valence-electron chi connectivity index (χ3n) is 6.55. The Morgan fingerprint density at radius 1 is 0.973 bits per heavy atom. The predicted octanol–water partition coefficient (Wildman–Crippen LogP) is 5.99. The Morgan fingerprint density at radius 2 is 1.73 bits per heavy atom. The minimum absolute atomic E-state index is 0.0372. The van der Waals surface area contributed by atoms with Gasteiger partial charge in [-0.05, 0) is 42.7 Å². The van der Waals surface area contributed by atoms with E-state index in [9.17, 15) is 15.0 Å². The van der Waals surface area contributed by atoms with Crippen molar-refractivity contribution >= 4 is 22.7 Å². The highest BCUT2D eigenvalue weighted by Gasteiger charge is 2.32. The number of amides is 1. The molecule has 0 radical (unpaired) electrons. The quantitative estimate of drug-likeness (QED) is 0.266. The third-order valence-corrected chi connectivity index (χ3v) is 6.55. The smallest absolute Gasteiger partial charge is 0.239 e. The molecule has 0 aliphatic heterocycles. The highest BCUT2D eigenvalue weighted by molar-refractivity contribution is 6.01. The molecule has 0 atom stereocenters. The normalized spacial score (nSPS) is 13.0. The molecule has 184 valence electrons. The fourth-order valence-corrected chi connectivity index (χ4v) is 4.45. The average Bonchev–Trinajstić information content (AvgIpc) is 3.70. The number of aromatic nitrogens is 2. The second-order valence-electron chi connectivity index (χ2n) is 8.99. The van der Waals surface area contributed by atoms with Gasteiger partial charge in [0.25, 0.3) is 0 Å². The van der Waals surface area contributed by atoms with E-state index in [-0.39, 0.29) is 29.2 Å². The maximum Gasteiger partial charge on any atom is 0.239 e. The van der Waals surface area contributed by atoms with Gasteiger partial charge in [0, 0.05) is 40.3 Å². The van der Waals surface area contributed by atoms with E-state index in [1.165, 1.54) is 6.07 Å². The molecular formula is C29H23N3O5. The number of nitrogens with zero attached hydrogens (tertiary/aromatic N) is 2. The number of anilines is 1. The molecule has 0 bridgehead atoms. The molecule has 2 aromatic heterocycles. The summed E-state index contributed by atoms with van der Waals surface area (Å²) in [5.74, 6) is 0.412. The van der Waals surface area contributed by atoms with Crippen LogP contribution in [0.2, 0.25) is 0 Å². The van der Waals surface area contributed by atoms with Crippen LogP contribution in [0.1, 0.15) is 12.8 Å². The molecule has 1 amide bonds. The topological polar surface area (TPSA) is 118 Å². The van der Waals surface area contributed by atoms with Crippen molar-refractivity contribution in [2.24, 2.45) is 5.92 Å². The molecule has 8 heteroatoms. The van der Waals surface area contributed by atoms with E-state index in [1.54, 1.807) is 31.5 Å². The summed E-state index contributed by atoms with van der Waals surface area (Å²) in [5.41, 5.74) is 3.77. The van der Waals surface area contributed by atoms with Crippen molar-refractivity contribution < 1.29 is 24.3 Å². The van der Waals surface area contributed by atoms with Gasteiger partial charge in [0.15, 0.2) is 0 Å². The van der Waals surface area contributed by atoms with Gasteiger partial charge in [-0.15, -0.1) is 0 Å². The first-order valence-corrected chi connectivity index (χ1v) is 11.9. The third kappa shape index (κ3) is 4.12. The molecule has 2 heterocycles. The van der Waals surface area contributed by atoms with Gasteiger partial charge in [-0.25, -0.2) is 0 Å². The van der Waals surface area contributed by atoms with Gasteiger partial charge in [0.05, 0.1) is 18.2 Å². The minimum atomic E-state index is -0.183. The van der Waals surface area contributed by atoms with Crippen LogP contribution < -0.4 is 10.1 Å².